The highest BCUT2D eigenvalue weighted by Gasteiger charge is 2.34. The van der Waals surface area contributed by atoms with Crippen LogP contribution in [0.4, 0.5) is 0 Å². The predicted molar refractivity (Wildman–Crippen MR) is 110 cm³/mol. The molecule has 150 valence electrons. The SMILES string of the molecule is C[C@H]([C@H](N=C(c1ccccc1)c1ccccc1)C(=O)OC(C)(C)C)[C@@H](O)CO. The second kappa shape index (κ2) is 9.62. The van der Waals surface area contributed by atoms with E-state index in [2.05, 4.69) is 0 Å². The van der Waals surface area contributed by atoms with E-state index in [1.54, 1.807) is 27.7 Å². The van der Waals surface area contributed by atoms with Crippen LogP contribution < -0.4 is 0 Å². The van der Waals surface area contributed by atoms with E-state index in [1.165, 1.54) is 0 Å². The Balaban J connectivity index is 2.56. The third-order valence-corrected chi connectivity index (χ3v) is 4.30. The molecule has 0 bridgehead atoms. The van der Waals surface area contributed by atoms with Gasteiger partial charge in [-0.05, 0) is 20.8 Å². The molecular weight excluding hydrogens is 354 g/mol. The van der Waals surface area contributed by atoms with E-state index in [4.69, 9.17) is 9.73 Å². The molecule has 2 aromatic rings. The van der Waals surface area contributed by atoms with E-state index in [9.17, 15) is 15.0 Å². The first kappa shape index (κ1) is 21.8. The van der Waals surface area contributed by atoms with Crippen molar-refractivity contribution in [2.45, 2.75) is 45.4 Å². The Morgan fingerprint density at radius 3 is 1.86 bits per heavy atom. The summed E-state index contributed by atoms with van der Waals surface area (Å²) in [5.41, 5.74) is 1.66. The summed E-state index contributed by atoms with van der Waals surface area (Å²) in [4.78, 5) is 17.6. The van der Waals surface area contributed by atoms with Gasteiger partial charge in [-0.15, -0.1) is 0 Å². The quantitative estimate of drug-likeness (QED) is 0.568. The van der Waals surface area contributed by atoms with Crippen LogP contribution in [-0.4, -0.2) is 46.2 Å². The van der Waals surface area contributed by atoms with E-state index >= 15 is 0 Å². The minimum absolute atomic E-state index is 0.456. The Labute approximate surface area is 166 Å². The van der Waals surface area contributed by atoms with E-state index in [-0.39, 0.29) is 0 Å². The number of esters is 1. The highest BCUT2D eigenvalue weighted by Crippen LogP contribution is 2.21. The summed E-state index contributed by atoms with van der Waals surface area (Å²) in [6.45, 7) is 6.59. The third-order valence-electron chi connectivity index (χ3n) is 4.30. The molecule has 0 amide bonds. The molecule has 0 unspecified atom stereocenters. The van der Waals surface area contributed by atoms with Gasteiger partial charge in [0.1, 0.15) is 5.60 Å². The van der Waals surface area contributed by atoms with Gasteiger partial charge >= 0.3 is 5.97 Å². The van der Waals surface area contributed by atoms with Crippen LogP contribution in [0.2, 0.25) is 0 Å². The average Bonchev–Trinajstić information content (AvgIpc) is 2.67. The van der Waals surface area contributed by atoms with Crippen molar-refractivity contribution in [3.8, 4) is 0 Å². The Morgan fingerprint density at radius 2 is 1.46 bits per heavy atom. The van der Waals surface area contributed by atoms with Crippen molar-refractivity contribution in [1.29, 1.82) is 0 Å². The van der Waals surface area contributed by atoms with Gasteiger partial charge in [-0.1, -0.05) is 67.6 Å². The van der Waals surface area contributed by atoms with Crippen LogP contribution >= 0.6 is 0 Å². The topological polar surface area (TPSA) is 79.1 Å². The molecule has 0 heterocycles. The van der Waals surface area contributed by atoms with Crippen LogP contribution in [0, 0.1) is 5.92 Å². The summed E-state index contributed by atoms with van der Waals surface area (Å²) in [6.07, 6.45) is -1.09. The van der Waals surface area contributed by atoms with Gasteiger partial charge in [-0.2, -0.15) is 0 Å². The van der Waals surface area contributed by atoms with Crippen molar-refractivity contribution in [3.05, 3.63) is 71.8 Å². The highest BCUT2D eigenvalue weighted by atomic mass is 16.6. The highest BCUT2D eigenvalue weighted by molar-refractivity contribution is 6.13. The normalized spacial score (nSPS) is 14.6. The van der Waals surface area contributed by atoms with Crippen LogP contribution in [0.5, 0.6) is 0 Å². The first-order valence-electron chi connectivity index (χ1n) is 9.43. The van der Waals surface area contributed by atoms with E-state index in [0.29, 0.717) is 5.71 Å². The van der Waals surface area contributed by atoms with Crippen molar-refractivity contribution in [2.75, 3.05) is 6.61 Å². The number of carbonyl (C=O) groups excluding carboxylic acids is 1. The zero-order chi connectivity index (χ0) is 20.7. The maximum atomic E-state index is 12.9. The Kier molecular flexibility index (Phi) is 7.49. The fraction of sp³-hybridized carbons (Fsp3) is 0.391. The van der Waals surface area contributed by atoms with Gasteiger partial charge < -0.3 is 14.9 Å². The molecule has 3 atom stereocenters. The number of ether oxygens (including phenoxy) is 1. The fourth-order valence-corrected chi connectivity index (χ4v) is 2.77. The largest absolute Gasteiger partial charge is 0.458 e. The number of aliphatic hydroxyl groups is 2. The lowest BCUT2D eigenvalue weighted by Crippen LogP contribution is -2.40. The van der Waals surface area contributed by atoms with Crippen molar-refractivity contribution in [3.63, 3.8) is 0 Å². The van der Waals surface area contributed by atoms with Crippen LogP contribution in [-0.2, 0) is 9.53 Å². The zero-order valence-electron chi connectivity index (χ0n) is 16.9. The molecule has 0 spiro atoms. The molecule has 0 aliphatic carbocycles. The summed E-state index contributed by atoms with van der Waals surface area (Å²) in [5, 5.41) is 19.6. The van der Waals surface area contributed by atoms with Crippen molar-refractivity contribution in [2.24, 2.45) is 10.9 Å². The van der Waals surface area contributed by atoms with Crippen molar-refractivity contribution >= 4 is 11.7 Å². The summed E-state index contributed by atoms with van der Waals surface area (Å²) in [7, 11) is 0. The lowest BCUT2D eigenvalue weighted by Gasteiger charge is -2.27. The number of nitrogens with zero attached hydrogens (tertiary/aromatic N) is 1. The monoisotopic (exact) mass is 383 g/mol. The molecule has 5 nitrogen and oxygen atoms in total. The molecule has 0 saturated carbocycles. The Hall–Kier alpha value is -2.50. The molecule has 2 aromatic carbocycles. The number of carbonyl (C=O) groups is 1. The van der Waals surface area contributed by atoms with Crippen LogP contribution in [0.25, 0.3) is 0 Å². The molecule has 28 heavy (non-hydrogen) atoms. The number of aliphatic hydroxyl groups excluding tert-OH is 2. The number of aliphatic imine (C=N–C) groups is 1. The summed E-state index contributed by atoms with van der Waals surface area (Å²) < 4.78 is 5.55. The number of rotatable bonds is 7. The summed E-state index contributed by atoms with van der Waals surface area (Å²) >= 11 is 0. The van der Waals surface area contributed by atoms with Gasteiger partial charge in [0, 0.05) is 17.0 Å². The van der Waals surface area contributed by atoms with Gasteiger partial charge in [0.2, 0.25) is 0 Å². The molecule has 0 fully saturated rings. The fourth-order valence-electron chi connectivity index (χ4n) is 2.77. The zero-order valence-corrected chi connectivity index (χ0v) is 16.9. The molecule has 0 aliphatic heterocycles. The lowest BCUT2D eigenvalue weighted by atomic mass is 9.94. The Morgan fingerprint density at radius 1 is 1.00 bits per heavy atom. The maximum Gasteiger partial charge on any atom is 0.331 e. The molecule has 0 aliphatic rings. The van der Waals surface area contributed by atoms with Crippen LogP contribution in [0.3, 0.4) is 0 Å². The molecule has 0 radical (unpaired) electrons. The minimum atomic E-state index is -1.09. The van der Waals surface area contributed by atoms with Crippen LogP contribution in [0.15, 0.2) is 65.7 Å². The molecule has 0 saturated heterocycles. The molecule has 2 N–H and O–H groups in total. The van der Waals surface area contributed by atoms with Crippen LogP contribution in [0.1, 0.15) is 38.8 Å². The smallest absolute Gasteiger partial charge is 0.331 e. The van der Waals surface area contributed by atoms with Gasteiger partial charge in [0.05, 0.1) is 18.4 Å². The van der Waals surface area contributed by atoms with E-state index < -0.39 is 36.2 Å². The number of hydrogen-bond acceptors (Lipinski definition) is 5. The van der Waals surface area contributed by atoms with Gasteiger partial charge in [-0.25, -0.2) is 4.79 Å². The number of benzene rings is 2. The molecular formula is C23H29NO4. The minimum Gasteiger partial charge on any atom is -0.458 e. The molecule has 2 rings (SSSR count). The summed E-state index contributed by atoms with van der Waals surface area (Å²) in [5.74, 6) is -1.15. The average molecular weight is 383 g/mol. The Bertz CT molecular complexity index is 740. The van der Waals surface area contributed by atoms with Crippen molar-refractivity contribution in [1.82, 2.24) is 0 Å². The van der Waals surface area contributed by atoms with Gasteiger partial charge in [-0.3, -0.25) is 4.99 Å². The first-order valence-corrected chi connectivity index (χ1v) is 9.43. The second-order valence-electron chi connectivity index (χ2n) is 7.80. The van der Waals surface area contributed by atoms with E-state index in [0.717, 1.165) is 11.1 Å². The predicted octanol–water partition coefficient (Wildman–Crippen LogP) is 3.22. The molecule has 5 heteroatoms. The van der Waals surface area contributed by atoms with Crippen molar-refractivity contribution < 1.29 is 19.7 Å². The summed E-state index contributed by atoms with van der Waals surface area (Å²) in [6, 6.07) is 18.2. The van der Waals surface area contributed by atoms with Gasteiger partial charge in [0.25, 0.3) is 0 Å². The maximum absolute atomic E-state index is 12.9. The first-order chi connectivity index (χ1) is 13.2. The van der Waals surface area contributed by atoms with Gasteiger partial charge in [0.15, 0.2) is 6.04 Å². The second-order valence-corrected chi connectivity index (χ2v) is 7.80. The third kappa shape index (κ3) is 6.01. The number of hydrogen-bond donors (Lipinski definition) is 2. The standard InChI is InChI=1S/C23H29NO4/c1-16(19(26)15-25)20(22(27)28-23(2,3)4)24-21(17-11-7-5-8-12-17)18-13-9-6-10-14-18/h5-14,16,19-20,25-26H,15H2,1-4H3/t16-,19-,20-/m0/s1. The van der Waals surface area contributed by atoms with E-state index in [1.807, 2.05) is 60.7 Å². The molecule has 0 aromatic heterocycles. The lowest BCUT2D eigenvalue weighted by molar-refractivity contribution is -0.159.